The summed E-state index contributed by atoms with van der Waals surface area (Å²) in [6, 6.07) is -1.37. The fraction of sp³-hybridized carbons (Fsp3) is 0.800. The zero-order valence-corrected chi connectivity index (χ0v) is 16.5. The fourth-order valence-corrected chi connectivity index (χ4v) is 4.04. The van der Waals surface area contributed by atoms with Gasteiger partial charge in [-0.3, -0.25) is 14.4 Å². The zero-order valence-electron chi connectivity index (χ0n) is 16.5. The van der Waals surface area contributed by atoms with Gasteiger partial charge in [0, 0.05) is 18.9 Å². The van der Waals surface area contributed by atoms with Gasteiger partial charge in [0.05, 0.1) is 6.04 Å². The number of hydrogen-bond donors (Lipinski definition) is 3. The van der Waals surface area contributed by atoms with Crippen LogP contribution < -0.4 is 16.0 Å². The Morgan fingerprint density at radius 1 is 1.04 bits per heavy atom. The molecule has 2 saturated heterocycles. The molecule has 0 bridgehead atoms. The van der Waals surface area contributed by atoms with Gasteiger partial charge in [0.15, 0.2) is 0 Å². The predicted molar refractivity (Wildman–Crippen MR) is 102 cm³/mol. The Balaban J connectivity index is 2.13. The van der Waals surface area contributed by atoms with Crippen molar-refractivity contribution in [1.82, 2.24) is 16.0 Å². The lowest BCUT2D eigenvalue weighted by atomic mass is 9.85. The molecule has 0 aromatic rings. The van der Waals surface area contributed by atoms with Crippen molar-refractivity contribution in [1.29, 1.82) is 0 Å². The second-order valence-corrected chi connectivity index (χ2v) is 8.30. The Hall–Kier alpha value is -1.92. The lowest BCUT2D eigenvalue weighted by Crippen LogP contribution is -2.51. The zero-order chi connectivity index (χ0) is 19.8. The van der Waals surface area contributed by atoms with Crippen molar-refractivity contribution in [3.63, 3.8) is 0 Å². The molecule has 0 aromatic carbocycles. The van der Waals surface area contributed by atoms with Gasteiger partial charge in [0.2, 0.25) is 17.7 Å². The highest BCUT2D eigenvalue weighted by atomic mass is 16.2. The molecule has 0 radical (unpaired) electrons. The molecule has 3 N–H and O–H groups in total. The summed E-state index contributed by atoms with van der Waals surface area (Å²) in [4.78, 5) is 48.6. The molecule has 2 fully saturated rings. The van der Waals surface area contributed by atoms with Crippen molar-refractivity contribution in [3.8, 4) is 0 Å². The molecule has 0 aliphatic carbocycles. The maximum absolute atomic E-state index is 12.7. The van der Waals surface area contributed by atoms with E-state index in [1.54, 1.807) is 0 Å². The molecule has 3 amide bonds. The second kappa shape index (κ2) is 10.4. The van der Waals surface area contributed by atoms with Gasteiger partial charge in [-0.05, 0) is 37.5 Å². The van der Waals surface area contributed by atoms with E-state index in [0.29, 0.717) is 32.1 Å². The van der Waals surface area contributed by atoms with Crippen LogP contribution in [-0.4, -0.2) is 42.6 Å². The summed E-state index contributed by atoms with van der Waals surface area (Å²) in [5, 5.41) is 8.46. The Morgan fingerprint density at radius 3 is 2.48 bits per heavy atom. The van der Waals surface area contributed by atoms with Crippen LogP contribution in [0.1, 0.15) is 65.2 Å². The van der Waals surface area contributed by atoms with Crippen molar-refractivity contribution in [3.05, 3.63) is 0 Å². The van der Waals surface area contributed by atoms with Crippen molar-refractivity contribution >= 4 is 24.0 Å². The number of rotatable bonds is 3. The fourth-order valence-electron chi connectivity index (χ4n) is 4.04. The van der Waals surface area contributed by atoms with Gasteiger partial charge in [0.1, 0.15) is 12.3 Å². The summed E-state index contributed by atoms with van der Waals surface area (Å²) in [5.41, 5.74) is 0. The van der Waals surface area contributed by atoms with E-state index in [2.05, 4.69) is 16.0 Å². The van der Waals surface area contributed by atoms with E-state index in [1.807, 2.05) is 13.8 Å². The number of carbonyl (C=O) groups is 4. The summed E-state index contributed by atoms with van der Waals surface area (Å²) in [6.45, 7) is 4.61. The highest BCUT2D eigenvalue weighted by Crippen LogP contribution is 2.28. The number of aldehydes is 1. The van der Waals surface area contributed by atoms with Crippen LogP contribution >= 0.6 is 0 Å². The monoisotopic (exact) mass is 379 g/mol. The number of fused-ring (bicyclic) bond motifs is 1. The number of nitrogens with one attached hydrogen (secondary N) is 3. The molecule has 7 nitrogen and oxygen atoms in total. The molecule has 152 valence electrons. The molecule has 2 aliphatic rings. The van der Waals surface area contributed by atoms with E-state index in [9.17, 15) is 19.2 Å². The number of hydrogen-bond acceptors (Lipinski definition) is 4. The van der Waals surface area contributed by atoms with E-state index in [4.69, 9.17) is 0 Å². The maximum Gasteiger partial charge on any atom is 0.243 e. The Labute approximate surface area is 161 Å². The molecule has 27 heavy (non-hydrogen) atoms. The van der Waals surface area contributed by atoms with Gasteiger partial charge >= 0.3 is 0 Å². The van der Waals surface area contributed by atoms with Gasteiger partial charge in [-0.25, -0.2) is 0 Å². The molecule has 2 rings (SSSR count). The molecule has 0 unspecified atom stereocenters. The molecule has 2 heterocycles. The van der Waals surface area contributed by atoms with Crippen molar-refractivity contribution in [2.45, 2.75) is 77.3 Å². The van der Waals surface area contributed by atoms with E-state index >= 15 is 0 Å². The molecule has 0 saturated carbocycles. The molecule has 4 atom stereocenters. The molecular formula is C20H33N3O4. The van der Waals surface area contributed by atoms with E-state index in [0.717, 1.165) is 32.1 Å². The highest BCUT2D eigenvalue weighted by molar-refractivity contribution is 5.89. The quantitative estimate of drug-likeness (QED) is 0.643. The number of carbonyl (C=O) groups excluding carboxylic acids is 4. The average Bonchev–Trinajstić information content (AvgIpc) is 2.95. The van der Waals surface area contributed by atoms with Gasteiger partial charge in [0.25, 0.3) is 0 Å². The van der Waals surface area contributed by atoms with Crippen LogP contribution in [0, 0.1) is 17.8 Å². The van der Waals surface area contributed by atoms with Crippen LogP contribution in [-0.2, 0) is 19.2 Å². The van der Waals surface area contributed by atoms with Crippen LogP contribution in [0.3, 0.4) is 0 Å². The average molecular weight is 380 g/mol. The lowest BCUT2D eigenvalue weighted by molar-refractivity contribution is -0.131. The summed E-state index contributed by atoms with van der Waals surface area (Å²) in [5.74, 6) is -0.319. The van der Waals surface area contributed by atoms with Crippen LogP contribution in [0.25, 0.3) is 0 Å². The van der Waals surface area contributed by atoms with Gasteiger partial charge in [-0.1, -0.05) is 33.1 Å². The Bertz CT molecular complexity index is 549. The molecule has 0 spiro atoms. The minimum atomic E-state index is -0.717. The molecule has 7 heteroatoms. The maximum atomic E-state index is 12.7. The van der Waals surface area contributed by atoms with Crippen molar-refractivity contribution in [2.24, 2.45) is 17.8 Å². The first-order chi connectivity index (χ1) is 12.9. The largest absolute Gasteiger partial charge is 0.356 e. The molecular weight excluding hydrogens is 346 g/mol. The third kappa shape index (κ3) is 6.63. The number of amides is 3. The Kier molecular flexibility index (Phi) is 8.25. The highest BCUT2D eigenvalue weighted by Gasteiger charge is 2.36. The predicted octanol–water partition coefficient (Wildman–Crippen LogP) is 1.31. The van der Waals surface area contributed by atoms with Crippen LogP contribution in [0.15, 0.2) is 0 Å². The van der Waals surface area contributed by atoms with E-state index in [-0.39, 0.29) is 35.5 Å². The molecule has 2 aliphatic heterocycles. The second-order valence-electron chi connectivity index (χ2n) is 8.30. The minimum absolute atomic E-state index is 0.0301. The standard InChI is InChI=1S/C20H33N3O4/c1-13(2)9-17-20(27)22-15(12-24)10-16-14(11-21-19(16)26)7-5-3-4-6-8-18(25)23-17/h12-17H,3-11H2,1-2H3,(H,21,26)(H,22,27)(H,23,25)/t14-,15+,16+,17+/m1/s1. The summed E-state index contributed by atoms with van der Waals surface area (Å²) in [7, 11) is 0. The topological polar surface area (TPSA) is 104 Å². The third-order valence-electron chi connectivity index (χ3n) is 5.53. The Morgan fingerprint density at radius 2 is 1.78 bits per heavy atom. The normalized spacial score (nSPS) is 31.1. The summed E-state index contributed by atoms with van der Waals surface area (Å²) < 4.78 is 0. The van der Waals surface area contributed by atoms with Crippen molar-refractivity contribution in [2.75, 3.05) is 6.54 Å². The lowest BCUT2D eigenvalue weighted by Gasteiger charge is -2.24. The third-order valence-corrected chi connectivity index (χ3v) is 5.53. The first-order valence-corrected chi connectivity index (χ1v) is 10.2. The first-order valence-electron chi connectivity index (χ1n) is 10.2. The van der Waals surface area contributed by atoms with E-state index < -0.39 is 12.1 Å². The van der Waals surface area contributed by atoms with Gasteiger partial charge in [-0.2, -0.15) is 0 Å². The smallest absolute Gasteiger partial charge is 0.243 e. The summed E-state index contributed by atoms with van der Waals surface area (Å²) in [6.07, 6.45) is 6.64. The van der Waals surface area contributed by atoms with Gasteiger partial charge in [-0.15, -0.1) is 0 Å². The van der Waals surface area contributed by atoms with Crippen LogP contribution in [0.5, 0.6) is 0 Å². The van der Waals surface area contributed by atoms with E-state index in [1.165, 1.54) is 0 Å². The van der Waals surface area contributed by atoms with Crippen molar-refractivity contribution < 1.29 is 19.2 Å². The minimum Gasteiger partial charge on any atom is -0.356 e. The van der Waals surface area contributed by atoms with Crippen LogP contribution in [0.4, 0.5) is 0 Å². The van der Waals surface area contributed by atoms with Gasteiger partial charge < -0.3 is 20.7 Å². The molecule has 0 aromatic heterocycles. The summed E-state index contributed by atoms with van der Waals surface area (Å²) >= 11 is 0. The first kappa shape index (κ1) is 21.4. The van der Waals surface area contributed by atoms with Crippen LogP contribution in [0.2, 0.25) is 0 Å². The SMILES string of the molecule is CC(C)C[C@@H]1NC(=O)CCCCCC[C@@H]2CNC(=O)[C@H]2C[C@@H](C=O)NC1=O.